The highest BCUT2D eigenvalue weighted by Crippen LogP contribution is 2.97. The molecule has 3 nitrogen and oxygen atoms in total. The second-order valence-electron chi connectivity index (χ2n) is 27.9. The molecule has 1 saturated carbocycles. The highest BCUT2D eigenvalue weighted by atomic mass is 16.5. The fourth-order valence-corrected chi connectivity index (χ4v) is 27.1. The molecule has 2 spiro atoms. The number of rotatable bonds is 5. The van der Waals surface area contributed by atoms with Crippen molar-refractivity contribution in [1.29, 1.82) is 0 Å². The number of benzene rings is 20. The van der Waals surface area contributed by atoms with E-state index >= 15 is 4.79 Å². The van der Waals surface area contributed by atoms with Crippen LogP contribution in [0.4, 0.5) is 0 Å². The maximum atomic E-state index is 17.7. The van der Waals surface area contributed by atoms with E-state index in [1.165, 1.54) is 114 Å². The topological polar surface area (TPSA) is 35.5 Å². The molecule has 1 fully saturated rings. The average molecular weight is 975 g/mol. The van der Waals surface area contributed by atoms with Gasteiger partial charge in [-0.1, -0.05) is 30.3 Å². The van der Waals surface area contributed by atoms with Gasteiger partial charge in [0.15, 0.2) is 0 Å². The van der Waals surface area contributed by atoms with E-state index in [1.807, 2.05) is 24.3 Å². The molecule has 5 aliphatic rings. The van der Waals surface area contributed by atoms with Gasteiger partial charge in [0.05, 0.1) is 17.9 Å². The Morgan fingerprint density at radius 2 is 0.481 bits per heavy atom. The normalized spacial score (nSPS) is 22.7. The summed E-state index contributed by atoms with van der Waals surface area (Å²) in [4.78, 5) is 17.7. The van der Waals surface area contributed by atoms with Crippen molar-refractivity contribution >= 4 is 297 Å². The third-order valence-electron chi connectivity index (χ3n) is 27.5. The van der Waals surface area contributed by atoms with E-state index in [0.29, 0.717) is 12.2 Å². The number of carbonyl (C=O) groups excluding carboxylic acids is 1. The van der Waals surface area contributed by atoms with Gasteiger partial charge in [-0.3, -0.25) is 4.79 Å². The smallest absolute Gasteiger partial charge is 0.320 e. The highest BCUT2D eigenvalue weighted by Gasteiger charge is 2.97. The van der Waals surface area contributed by atoms with Crippen LogP contribution in [0, 0.1) is 5.41 Å². The van der Waals surface area contributed by atoms with Gasteiger partial charge in [-0.05, 0) is 349 Å². The van der Waals surface area contributed by atoms with Gasteiger partial charge >= 0.3 is 5.97 Å². The summed E-state index contributed by atoms with van der Waals surface area (Å²) in [6, 6.07) is 19.1. The predicted octanol–water partition coefficient (Wildman–Crippen LogP) is 19.2. The Balaban J connectivity index is 1.03. The molecule has 79 heavy (non-hydrogen) atoms. The Morgan fingerprint density at radius 1 is 0.278 bits per heavy atom. The molecule has 0 bridgehead atoms. The SMILES string of the molecule is COc1ccc(OC(=O)C2(Cc3ccccc3)C34c5c6c7c8c9c%10c(c%11c%12c3c3c5c5c%13c6c6c7c7c9c9c%14c%10c%10c%11c%11c%12c%12c3c3c5c5c%13c%13c6c6c7c9c7c9c%14c%10c%10c%11c%11c%12c3c3c5c5c%13c6c7c6c9c%10c%11c3c56)C824)cc1. The molecule has 0 aromatic heterocycles. The number of hydrogen-bond donors (Lipinski definition) is 0. The van der Waals surface area contributed by atoms with E-state index in [0.717, 1.165) is 5.75 Å². The predicted molar refractivity (Wildman–Crippen MR) is 325 cm³/mol. The van der Waals surface area contributed by atoms with Crippen molar-refractivity contribution in [3.8, 4) is 11.5 Å². The lowest BCUT2D eigenvalue weighted by atomic mass is 9.68. The molecule has 30 aromatic rings. The first-order valence-corrected chi connectivity index (χ1v) is 28.9. The molecule has 5 aliphatic carbocycles. The van der Waals surface area contributed by atoms with Crippen LogP contribution >= 0.6 is 0 Å². The molecule has 0 radical (unpaired) electrons. The van der Waals surface area contributed by atoms with Gasteiger partial charge in [0.2, 0.25) is 0 Å². The minimum absolute atomic E-state index is 0.0727. The Kier molecular flexibility index (Phi) is 2.82. The molecule has 30 aromatic carbocycles. The summed E-state index contributed by atoms with van der Waals surface area (Å²) in [6.45, 7) is 0. The lowest BCUT2D eigenvalue weighted by molar-refractivity contribution is -0.141. The van der Waals surface area contributed by atoms with Crippen molar-refractivity contribution in [3.05, 3.63) is 82.4 Å². The summed E-state index contributed by atoms with van der Waals surface area (Å²) in [5.41, 5.74) is 4.73. The zero-order valence-corrected chi connectivity index (χ0v) is 40.6. The Hall–Kier alpha value is -9.83. The quantitative estimate of drug-likeness (QED) is 0.0979. The van der Waals surface area contributed by atoms with Gasteiger partial charge in [-0.25, -0.2) is 0 Å². The highest BCUT2D eigenvalue weighted by molar-refractivity contribution is 6.82. The van der Waals surface area contributed by atoms with Crippen LogP contribution in [0.2, 0.25) is 0 Å². The lowest BCUT2D eigenvalue weighted by Gasteiger charge is -2.32. The molecular weight excluding hydrogens is 961 g/mol. The summed E-state index contributed by atoms with van der Waals surface area (Å²) in [5, 5.41) is 84.4. The van der Waals surface area contributed by atoms with E-state index < -0.39 is 16.2 Å². The lowest BCUT2D eigenvalue weighted by Crippen LogP contribution is -2.33. The zero-order chi connectivity index (χ0) is 47.8. The van der Waals surface area contributed by atoms with Crippen molar-refractivity contribution in [2.24, 2.45) is 5.41 Å². The van der Waals surface area contributed by atoms with Crippen LogP contribution in [0.3, 0.4) is 0 Å². The van der Waals surface area contributed by atoms with E-state index in [4.69, 9.17) is 9.47 Å². The zero-order valence-electron chi connectivity index (χ0n) is 40.6. The molecule has 0 heterocycles. The molecule has 0 amide bonds. The van der Waals surface area contributed by atoms with E-state index in [9.17, 15) is 0 Å². The van der Waals surface area contributed by atoms with Gasteiger partial charge in [0.25, 0.3) is 0 Å². The van der Waals surface area contributed by atoms with E-state index in [-0.39, 0.29) is 5.97 Å². The number of hydrogen-bond acceptors (Lipinski definition) is 3. The van der Waals surface area contributed by atoms with Crippen LogP contribution in [-0.2, 0) is 22.0 Å². The third kappa shape index (κ3) is 1.74. The molecule has 0 N–H and O–H groups in total. The van der Waals surface area contributed by atoms with Gasteiger partial charge in [-0.15, -0.1) is 0 Å². The van der Waals surface area contributed by atoms with Gasteiger partial charge in [0, 0.05) is 0 Å². The second-order valence-corrected chi connectivity index (χ2v) is 27.9. The largest absolute Gasteiger partial charge is 0.497 e. The first kappa shape index (κ1) is 30.8. The van der Waals surface area contributed by atoms with Crippen molar-refractivity contribution < 1.29 is 14.3 Å². The van der Waals surface area contributed by atoms with Crippen molar-refractivity contribution in [3.63, 3.8) is 0 Å². The first-order chi connectivity index (χ1) is 39.2. The van der Waals surface area contributed by atoms with Crippen molar-refractivity contribution in [2.75, 3.05) is 7.11 Å². The number of ether oxygens (including phenoxy) is 2. The molecule has 3 heteroatoms. The fourth-order valence-electron chi connectivity index (χ4n) is 27.1. The van der Waals surface area contributed by atoms with Crippen LogP contribution in [0.5, 0.6) is 11.5 Å². The molecule has 0 saturated heterocycles. The fraction of sp³-hybridized carbons (Fsp3) is 0.0658. The van der Waals surface area contributed by atoms with Crippen LogP contribution < -0.4 is 9.47 Å². The molecule has 0 aliphatic heterocycles. The first-order valence-electron chi connectivity index (χ1n) is 28.9. The van der Waals surface area contributed by atoms with E-state index in [1.54, 1.807) is 212 Å². The molecular formula is C76H14O3. The van der Waals surface area contributed by atoms with Gasteiger partial charge in [-0.2, -0.15) is 0 Å². The average Bonchev–Trinajstić information content (AvgIpc) is 1.37. The van der Waals surface area contributed by atoms with Crippen LogP contribution in [0.25, 0.3) is 291 Å². The number of esters is 1. The molecule has 336 valence electrons. The van der Waals surface area contributed by atoms with Crippen molar-refractivity contribution in [1.82, 2.24) is 0 Å². The van der Waals surface area contributed by atoms with Crippen molar-refractivity contribution in [2.45, 2.75) is 17.3 Å². The maximum absolute atomic E-state index is 17.7. The maximum Gasteiger partial charge on any atom is 0.320 e. The van der Waals surface area contributed by atoms with Crippen LogP contribution in [0.15, 0.2) is 54.6 Å². The standard InChI is InChI=1S/C76H14O3/c1-78-13-7-9-14(10-8-13)79-73(77)74(11-12-5-3-2-4-6-12)75-69-61-53-43-33-25-17-15-16-19-23-21(17)29-37-31(23)41-35-27(19)28-20(16)24-22-18(15)26(25)34-40-30(22)38-32(24)42-36(28)46-45(35)55-49(41)59-51(37)57(47(53)39(29)33)65(69)67(59)71-63(55)64-56(46)50(42)60-52(38)58-48(40)54(44(34)43)62(61)70(75)66(58)68(60)72(64)76(71,74)75/h2-10H,11H2,1H3. The summed E-state index contributed by atoms with van der Waals surface area (Å²) in [5.74, 6) is 1.27. The summed E-state index contributed by atoms with van der Waals surface area (Å²) < 4.78 is 13.1. The molecule has 35 rings (SSSR count). The van der Waals surface area contributed by atoms with E-state index in [2.05, 4.69) is 30.3 Å². The summed E-state index contributed by atoms with van der Waals surface area (Å²) in [7, 11) is 1.72. The van der Waals surface area contributed by atoms with Crippen LogP contribution in [0.1, 0.15) is 27.8 Å². The third-order valence-corrected chi connectivity index (χ3v) is 27.5. The summed E-state index contributed by atoms with van der Waals surface area (Å²) in [6.07, 6.45) is 0.584. The second kappa shape index (κ2) is 7.24. The summed E-state index contributed by atoms with van der Waals surface area (Å²) >= 11 is 0. The Morgan fingerprint density at radius 3 is 0.696 bits per heavy atom. The minimum atomic E-state index is -1.04. The molecule has 0 atom stereocenters. The van der Waals surface area contributed by atoms with Gasteiger partial charge in [0.1, 0.15) is 16.9 Å². The Bertz CT molecular complexity index is 7370. The monoisotopic (exact) mass is 974 g/mol. The number of methoxy groups -OCH3 is 1. The van der Waals surface area contributed by atoms with Gasteiger partial charge < -0.3 is 9.47 Å². The Labute approximate surface area is 432 Å². The number of carbonyl (C=O) groups is 1. The van der Waals surface area contributed by atoms with Crippen LogP contribution in [-0.4, -0.2) is 13.1 Å². The molecule has 0 unspecified atom stereocenters. The minimum Gasteiger partial charge on any atom is -0.497 e.